The summed E-state index contributed by atoms with van der Waals surface area (Å²) < 4.78 is 0. The van der Waals surface area contributed by atoms with Gasteiger partial charge in [-0.2, -0.15) is 0 Å². The summed E-state index contributed by atoms with van der Waals surface area (Å²) in [7, 11) is 2.21. The first-order valence-electron chi connectivity index (χ1n) is 10.6. The van der Waals surface area contributed by atoms with E-state index in [4.69, 9.17) is 4.99 Å². The lowest BCUT2D eigenvalue weighted by Crippen LogP contribution is -2.53. The predicted molar refractivity (Wildman–Crippen MR) is 127 cm³/mol. The second-order valence-corrected chi connectivity index (χ2v) is 8.62. The third kappa shape index (κ3) is 8.41. The van der Waals surface area contributed by atoms with Crippen molar-refractivity contribution < 1.29 is 0 Å². The summed E-state index contributed by atoms with van der Waals surface area (Å²) in [6.45, 7) is 18.9. The molecule has 0 spiro atoms. The van der Waals surface area contributed by atoms with Gasteiger partial charge in [0.25, 0.3) is 0 Å². The Morgan fingerprint density at radius 3 is 2.22 bits per heavy atom. The zero-order chi connectivity index (χ0) is 19.0. The lowest BCUT2D eigenvalue weighted by Gasteiger charge is -2.40. The Hall–Kier alpha value is -0.120. The maximum atomic E-state index is 4.92. The summed E-state index contributed by atoms with van der Waals surface area (Å²) in [5.74, 6) is 0.957. The van der Waals surface area contributed by atoms with E-state index in [1.54, 1.807) is 0 Å². The highest BCUT2D eigenvalue weighted by Crippen LogP contribution is 2.20. The number of hydrogen-bond donors (Lipinski definition) is 2. The number of likely N-dealkylation sites (tertiary alicyclic amines) is 1. The molecule has 2 fully saturated rings. The lowest BCUT2D eigenvalue weighted by molar-refractivity contribution is 0.102. The van der Waals surface area contributed by atoms with E-state index < -0.39 is 0 Å². The molecule has 2 aliphatic heterocycles. The first-order valence-corrected chi connectivity index (χ1v) is 10.6. The van der Waals surface area contributed by atoms with Crippen LogP contribution in [0.2, 0.25) is 0 Å². The summed E-state index contributed by atoms with van der Waals surface area (Å²) in [6.07, 6.45) is 4.03. The van der Waals surface area contributed by atoms with Crippen LogP contribution >= 0.6 is 24.0 Å². The van der Waals surface area contributed by atoms with E-state index in [2.05, 4.69) is 60.1 Å². The van der Waals surface area contributed by atoms with Crippen LogP contribution in [0.4, 0.5) is 0 Å². The van der Waals surface area contributed by atoms with E-state index in [1.807, 2.05) is 0 Å². The van der Waals surface area contributed by atoms with Gasteiger partial charge in [-0.1, -0.05) is 6.42 Å². The number of guanidine groups is 1. The molecule has 0 radical (unpaired) electrons. The highest BCUT2D eigenvalue weighted by atomic mass is 127. The van der Waals surface area contributed by atoms with Crippen molar-refractivity contribution in [2.75, 3.05) is 66.0 Å². The number of piperazine rings is 1. The zero-order valence-electron chi connectivity index (χ0n) is 18.3. The van der Waals surface area contributed by atoms with Gasteiger partial charge >= 0.3 is 0 Å². The van der Waals surface area contributed by atoms with Crippen molar-refractivity contribution in [1.29, 1.82) is 0 Å². The first-order chi connectivity index (χ1) is 12.4. The van der Waals surface area contributed by atoms with E-state index in [-0.39, 0.29) is 29.5 Å². The number of halogens is 1. The molecule has 0 saturated carbocycles. The second kappa shape index (κ2) is 12.4. The van der Waals surface area contributed by atoms with Crippen LogP contribution in [0.25, 0.3) is 0 Å². The Bertz CT molecular complexity index is 428. The summed E-state index contributed by atoms with van der Waals surface area (Å²) in [6, 6.07) is 0.530. The maximum absolute atomic E-state index is 4.92. The molecule has 0 amide bonds. The van der Waals surface area contributed by atoms with Crippen molar-refractivity contribution in [3.63, 3.8) is 0 Å². The minimum atomic E-state index is 0. The Kier molecular flexibility index (Phi) is 11.5. The summed E-state index contributed by atoms with van der Waals surface area (Å²) in [5.41, 5.74) is 0.131. The van der Waals surface area contributed by atoms with E-state index in [0.29, 0.717) is 6.04 Å². The molecular formula is C20H43IN6. The van der Waals surface area contributed by atoms with Crippen molar-refractivity contribution in [2.24, 2.45) is 4.99 Å². The van der Waals surface area contributed by atoms with Crippen molar-refractivity contribution >= 4 is 29.9 Å². The molecule has 0 aliphatic carbocycles. The predicted octanol–water partition coefficient (Wildman–Crippen LogP) is 2.06. The Balaban J connectivity index is 0.00000364. The van der Waals surface area contributed by atoms with Gasteiger partial charge in [0.2, 0.25) is 0 Å². The molecular weight excluding hydrogens is 451 g/mol. The molecule has 0 bridgehead atoms. The number of piperidine rings is 1. The molecule has 0 aromatic heterocycles. The highest BCUT2D eigenvalue weighted by Gasteiger charge is 2.27. The number of likely N-dealkylation sites (N-methyl/N-ethyl adjacent to an activating group) is 1. The number of rotatable bonds is 7. The van der Waals surface area contributed by atoms with Gasteiger partial charge in [0.15, 0.2) is 5.96 Å². The van der Waals surface area contributed by atoms with Gasteiger partial charge in [0.1, 0.15) is 0 Å². The fraction of sp³-hybridized carbons (Fsp3) is 0.950. The van der Waals surface area contributed by atoms with Gasteiger partial charge in [-0.25, -0.2) is 0 Å². The molecule has 2 heterocycles. The average Bonchev–Trinajstić information content (AvgIpc) is 2.65. The Morgan fingerprint density at radius 2 is 1.63 bits per heavy atom. The fourth-order valence-electron chi connectivity index (χ4n) is 3.85. The third-order valence-corrected chi connectivity index (χ3v) is 5.91. The molecule has 160 valence electrons. The lowest BCUT2D eigenvalue weighted by atomic mass is 9.99. The molecule has 0 aromatic carbocycles. The largest absolute Gasteiger partial charge is 0.357 e. The minimum Gasteiger partial charge on any atom is -0.357 e. The fourth-order valence-corrected chi connectivity index (χ4v) is 3.85. The Labute approximate surface area is 184 Å². The molecule has 0 aromatic rings. The standard InChI is InChI=1S/C20H42N6.HI/c1-6-21-19(22-16-18(2)25-14-12-24(5)13-15-25)23-17-20(3,4)26-10-8-7-9-11-26;/h18H,6-17H2,1-5H3,(H2,21,22,23);1H. The van der Waals surface area contributed by atoms with Gasteiger partial charge in [0.05, 0.1) is 6.54 Å². The molecule has 2 saturated heterocycles. The van der Waals surface area contributed by atoms with Gasteiger partial charge in [-0.15, -0.1) is 24.0 Å². The minimum absolute atomic E-state index is 0. The van der Waals surface area contributed by atoms with Crippen LogP contribution in [0.5, 0.6) is 0 Å². The molecule has 1 unspecified atom stereocenters. The van der Waals surface area contributed by atoms with E-state index >= 15 is 0 Å². The van der Waals surface area contributed by atoms with Crippen LogP contribution in [0.3, 0.4) is 0 Å². The average molecular weight is 495 g/mol. The van der Waals surface area contributed by atoms with Gasteiger partial charge in [-0.05, 0) is 60.7 Å². The number of nitrogens with one attached hydrogen (secondary N) is 2. The third-order valence-electron chi connectivity index (χ3n) is 5.91. The number of aliphatic imine (C=N–C) groups is 1. The molecule has 2 N–H and O–H groups in total. The Morgan fingerprint density at radius 1 is 1.00 bits per heavy atom. The summed E-state index contributed by atoms with van der Waals surface area (Å²) >= 11 is 0. The van der Waals surface area contributed by atoms with Gasteiger partial charge in [0, 0.05) is 50.8 Å². The van der Waals surface area contributed by atoms with Crippen LogP contribution < -0.4 is 10.6 Å². The van der Waals surface area contributed by atoms with Gasteiger partial charge in [-0.3, -0.25) is 14.8 Å². The molecule has 1 atom stereocenters. The summed E-state index contributed by atoms with van der Waals surface area (Å²) in [4.78, 5) is 12.5. The second-order valence-electron chi connectivity index (χ2n) is 8.62. The van der Waals surface area contributed by atoms with Crippen molar-refractivity contribution in [2.45, 2.75) is 58.5 Å². The van der Waals surface area contributed by atoms with Crippen LogP contribution in [0.1, 0.15) is 47.0 Å². The van der Waals surface area contributed by atoms with Crippen LogP contribution in [0, 0.1) is 0 Å². The molecule has 6 nitrogen and oxygen atoms in total. The van der Waals surface area contributed by atoms with E-state index in [0.717, 1.165) is 38.7 Å². The van der Waals surface area contributed by atoms with Crippen molar-refractivity contribution in [3.8, 4) is 0 Å². The van der Waals surface area contributed by atoms with E-state index in [1.165, 1.54) is 45.4 Å². The first kappa shape index (κ1) is 24.9. The monoisotopic (exact) mass is 494 g/mol. The molecule has 2 aliphatic rings. The normalized spacial score (nSPS) is 22.2. The number of hydrogen-bond acceptors (Lipinski definition) is 4. The number of nitrogens with zero attached hydrogens (tertiary/aromatic N) is 4. The highest BCUT2D eigenvalue weighted by molar-refractivity contribution is 14.0. The van der Waals surface area contributed by atoms with Crippen molar-refractivity contribution in [3.05, 3.63) is 0 Å². The van der Waals surface area contributed by atoms with Crippen LogP contribution in [-0.2, 0) is 0 Å². The molecule has 2 rings (SSSR count). The SMILES string of the molecule is CCNC(=NCC(C)(C)N1CCCCC1)NCC(C)N1CCN(C)CC1.I. The zero-order valence-corrected chi connectivity index (χ0v) is 20.6. The molecule has 7 heteroatoms. The van der Waals surface area contributed by atoms with Gasteiger partial charge < -0.3 is 15.5 Å². The quantitative estimate of drug-likeness (QED) is 0.323. The van der Waals surface area contributed by atoms with Crippen molar-refractivity contribution in [1.82, 2.24) is 25.3 Å². The topological polar surface area (TPSA) is 46.1 Å². The smallest absolute Gasteiger partial charge is 0.191 e. The van der Waals surface area contributed by atoms with E-state index in [9.17, 15) is 0 Å². The molecule has 27 heavy (non-hydrogen) atoms. The van der Waals surface area contributed by atoms with Crippen LogP contribution in [0.15, 0.2) is 4.99 Å². The maximum Gasteiger partial charge on any atom is 0.191 e. The summed E-state index contributed by atoms with van der Waals surface area (Å²) in [5, 5.41) is 6.99. The van der Waals surface area contributed by atoms with Crippen LogP contribution in [-0.4, -0.2) is 98.2 Å².